The molecule has 6 heteroatoms. The van der Waals surface area contributed by atoms with Crippen molar-refractivity contribution in [1.82, 2.24) is 10.3 Å². The molecule has 0 unspecified atom stereocenters. The predicted octanol–water partition coefficient (Wildman–Crippen LogP) is 0.918. The third kappa shape index (κ3) is 2.46. The SMILES string of the molecule is CN1CCC(C(=O)NN)(c2ccc(F)c(F)c2)CC1. The van der Waals surface area contributed by atoms with E-state index in [-0.39, 0.29) is 5.91 Å². The standard InChI is InChI=1S/C13H17F2N3O/c1-18-6-4-13(5-7-18,12(19)17-16)9-2-3-10(14)11(15)8-9/h2-3,8H,4-7,16H2,1H3,(H,17,19). The number of amides is 1. The zero-order valence-corrected chi connectivity index (χ0v) is 10.7. The quantitative estimate of drug-likeness (QED) is 0.477. The van der Waals surface area contributed by atoms with Crippen LogP contribution in [0.25, 0.3) is 0 Å². The molecule has 4 nitrogen and oxygen atoms in total. The minimum Gasteiger partial charge on any atom is -0.306 e. The van der Waals surface area contributed by atoms with Gasteiger partial charge in [0.05, 0.1) is 5.41 Å². The van der Waals surface area contributed by atoms with E-state index in [0.29, 0.717) is 31.5 Å². The minimum absolute atomic E-state index is 0.355. The molecule has 0 aliphatic carbocycles. The Balaban J connectivity index is 2.42. The number of halogens is 2. The number of carbonyl (C=O) groups excluding carboxylic acids is 1. The van der Waals surface area contributed by atoms with Crippen LogP contribution in [-0.2, 0) is 10.2 Å². The molecule has 3 N–H and O–H groups in total. The summed E-state index contributed by atoms with van der Waals surface area (Å²) in [4.78, 5) is 14.2. The number of hydrogen-bond acceptors (Lipinski definition) is 3. The van der Waals surface area contributed by atoms with Gasteiger partial charge in [-0.05, 0) is 50.7 Å². The molecule has 1 fully saturated rings. The Morgan fingerprint density at radius 3 is 2.47 bits per heavy atom. The molecule has 104 valence electrons. The van der Waals surface area contributed by atoms with Gasteiger partial charge in [-0.3, -0.25) is 10.2 Å². The molecule has 0 radical (unpaired) electrons. The van der Waals surface area contributed by atoms with E-state index < -0.39 is 17.0 Å². The number of hydrogen-bond donors (Lipinski definition) is 2. The Hall–Kier alpha value is -1.53. The van der Waals surface area contributed by atoms with Gasteiger partial charge in [0, 0.05) is 0 Å². The van der Waals surface area contributed by atoms with E-state index in [1.165, 1.54) is 6.07 Å². The number of hydrazine groups is 1. The molecule has 0 atom stereocenters. The zero-order chi connectivity index (χ0) is 14.0. The van der Waals surface area contributed by atoms with Crippen LogP contribution in [0.2, 0.25) is 0 Å². The van der Waals surface area contributed by atoms with Crippen molar-refractivity contribution in [3.05, 3.63) is 35.4 Å². The smallest absolute Gasteiger partial charge is 0.244 e. The molecule has 0 saturated carbocycles. The monoisotopic (exact) mass is 269 g/mol. The van der Waals surface area contributed by atoms with Crippen molar-refractivity contribution >= 4 is 5.91 Å². The molecule has 0 bridgehead atoms. The van der Waals surface area contributed by atoms with E-state index in [1.807, 2.05) is 7.05 Å². The lowest BCUT2D eigenvalue weighted by Crippen LogP contribution is -2.52. The number of piperidine rings is 1. The topological polar surface area (TPSA) is 58.4 Å². The van der Waals surface area contributed by atoms with E-state index in [4.69, 9.17) is 5.84 Å². The first-order valence-corrected chi connectivity index (χ1v) is 6.15. The van der Waals surface area contributed by atoms with Gasteiger partial charge in [-0.1, -0.05) is 6.07 Å². The van der Waals surface area contributed by atoms with Crippen molar-refractivity contribution in [2.24, 2.45) is 5.84 Å². The van der Waals surface area contributed by atoms with Crippen molar-refractivity contribution in [1.29, 1.82) is 0 Å². The summed E-state index contributed by atoms with van der Waals surface area (Å²) in [7, 11) is 1.95. The highest BCUT2D eigenvalue weighted by Crippen LogP contribution is 2.36. The molecule has 1 heterocycles. The number of benzene rings is 1. The Bertz CT molecular complexity index is 485. The molecule has 1 aromatic rings. The van der Waals surface area contributed by atoms with Crippen molar-refractivity contribution in [3.8, 4) is 0 Å². The fourth-order valence-electron chi connectivity index (χ4n) is 2.58. The van der Waals surface area contributed by atoms with Gasteiger partial charge in [0.1, 0.15) is 0 Å². The van der Waals surface area contributed by atoms with Crippen LogP contribution >= 0.6 is 0 Å². The lowest BCUT2D eigenvalue weighted by molar-refractivity contribution is -0.128. The summed E-state index contributed by atoms with van der Waals surface area (Å²) >= 11 is 0. The fourth-order valence-corrected chi connectivity index (χ4v) is 2.58. The molecule has 0 spiro atoms. The van der Waals surface area contributed by atoms with Crippen molar-refractivity contribution in [2.45, 2.75) is 18.3 Å². The first-order valence-electron chi connectivity index (χ1n) is 6.15. The number of nitrogens with two attached hydrogens (primary N) is 1. The second-order valence-electron chi connectivity index (χ2n) is 4.99. The summed E-state index contributed by atoms with van der Waals surface area (Å²) in [5.74, 6) is 3.03. The molecular formula is C13H17F2N3O. The highest BCUT2D eigenvalue weighted by Gasteiger charge is 2.42. The molecule has 1 aliphatic rings. The van der Waals surface area contributed by atoms with Crippen LogP contribution in [0.3, 0.4) is 0 Å². The molecular weight excluding hydrogens is 252 g/mol. The van der Waals surface area contributed by atoms with Crippen LogP contribution in [0, 0.1) is 11.6 Å². The molecule has 1 saturated heterocycles. The summed E-state index contributed by atoms with van der Waals surface area (Å²) in [6.45, 7) is 1.40. The van der Waals surface area contributed by atoms with Crippen molar-refractivity contribution in [3.63, 3.8) is 0 Å². The normalized spacial score (nSPS) is 19.2. The Morgan fingerprint density at radius 2 is 1.95 bits per heavy atom. The first-order chi connectivity index (χ1) is 8.99. The molecule has 2 rings (SSSR count). The van der Waals surface area contributed by atoms with Gasteiger partial charge in [0.25, 0.3) is 0 Å². The largest absolute Gasteiger partial charge is 0.306 e. The van der Waals surface area contributed by atoms with Gasteiger partial charge in [0.15, 0.2) is 11.6 Å². The maximum atomic E-state index is 13.4. The predicted molar refractivity (Wildman–Crippen MR) is 67.1 cm³/mol. The Labute approximate surface area is 110 Å². The van der Waals surface area contributed by atoms with Crippen molar-refractivity contribution < 1.29 is 13.6 Å². The summed E-state index contributed by atoms with van der Waals surface area (Å²) < 4.78 is 26.4. The number of nitrogens with zero attached hydrogens (tertiary/aromatic N) is 1. The summed E-state index contributed by atoms with van der Waals surface area (Å²) in [6, 6.07) is 3.60. The van der Waals surface area contributed by atoms with Crippen LogP contribution in [0.1, 0.15) is 18.4 Å². The van der Waals surface area contributed by atoms with E-state index >= 15 is 0 Å². The third-order valence-corrected chi connectivity index (χ3v) is 3.88. The Morgan fingerprint density at radius 1 is 1.32 bits per heavy atom. The van der Waals surface area contributed by atoms with Gasteiger partial charge in [0.2, 0.25) is 5.91 Å². The minimum atomic E-state index is -0.944. The van der Waals surface area contributed by atoms with E-state index in [9.17, 15) is 13.6 Å². The molecule has 19 heavy (non-hydrogen) atoms. The molecule has 1 amide bonds. The maximum absolute atomic E-state index is 13.4. The summed E-state index contributed by atoms with van der Waals surface area (Å²) in [5.41, 5.74) is 1.74. The molecule has 0 aromatic heterocycles. The average molecular weight is 269 g/mol. The van der Waals surface area contributed by atoms with Gasteiger partial charge in [-0.15, -0.1) is 0 Å². The van der Waals surface area contributed by atoms with Gasteiger partial charge >= 0.3 is 0 Å². The second-order valence-corrected chi connectivity index (χ2v) is 4.99. The number of rotatable bonds is 2. The lowest BCUT2D eigenvalue weighted by atomic mass is 9.72. The van der Waals surface area contributed by atoms with E-state index in [2.05, 4.69) is 10.3 Å². The van der Waals surface area contributed by atoms with Crippen LogP contribution < -0.4 is 11.3 Å². The zero-order valence-electron chi connectivity index (χ0n) is 10.7. The van der Waals surface area contributed by atoms with Crippen LogP contribution in [0.4, 0.5) is 8.78 Å². The Kier molecular flexibility index (Phi) is 3.82. The lowest BCUT2D eigenvalue weighted by Gasteiger charge is -2.39. The molecule has 1 aliphatic heterocycles. The average Bonchev–Trinajstić information content (AvgIpc) is 2.42. The van der Waals surface area contributed by atoms with Crippen LogP contribution in [0.15, 0.2) is 18.2 Å². The summed E-state index contributed by atoms with van der Waals surface area (Å²) in [6.07, 6.45) is 1.05. The summed E-state index contributed by atoms with van der Waals surface area (Å²) in [5, 5.41) is 0. The number of likely N-dealkylation sites (tertiary alicyclic amines) is 1. The highest BCUT2D eigenvalue weighted by molar-refractivity contribution is 5.88. The van der Waals surface area contributed by atoms with E-state index in [1.54, 1.807) is 0 Å². The van der Waals surface area contributed by atoms with E-state index in [0.717, 1.165) is 12.1 Å². The maximum Gasteiger partial charge on any atom is 0.244 e. The fraction of sp³-hybridized carbons (Fsp3) is 0.462. The number of carbonyl (C=O) groups is 1. The van der Waals surface area contributed by atoms with Crippen LogP contribution in [0.5, 0.6) is 0 Å². The third-order valence-electron chi connectivity index (χ3n) is 3.88. The number of nitrogens with one attached hydrogen (secondary N) is 1. The molecule has 1 aromatic carbocycles. The van der Waals surface area contributed by atoms with Gasteiger partial charge in [-0.25, -0.2) is 14.6 Å². The van der Waals surface area contributed by atoms with Gasteiger partial charge in [-0.2, -0.15) is 0 Å². The second kappa shape index (κ2) is 5.22. The first kappa shape index (κ1) is 13.9. The highest BCUT2D eigenvalue weighted by atomic mass is 19.2. The van der Waals surface area contributed by atoms with Crippen LogP contribution in [-0.4, -0.2) is 30.9 Å². The van der Waals surface area contributed by atoms with Gasteiger partial charge < -0.3 is 4.90 Å². The van der Waals surface area contributed by atoms with Crippen molar-refractivity contribution in [2.75, 3.05) is 20.1 Å².